The zero-order valence-corrected chi connectivity index (χ0v) is 10.7. The van der Waals surface area contributed by atoms with E-state index in [1.807, 2.05) is 6.92 Å². The molecular formula is C9H17N5O2S. The van der Waals surface area contributed by atoms with Crippen molar-refractivity contribution >= 4 is 21.7 Å². The predicted molar refractivity (Wildman–Crippen MR) is 67.2 cm³/mol. The molecule has 0 atom stereocenters. The molecule has 0 aromatic carbocycles. The third-order valence-electron chi connectivity index (χ3n) is 2.11. The molecule has 0 saturated heterocycles. The largest absolute Gasteiger partial charge is 0.383 e. The topological polar surface area (TPSA) is 110 Å². The van der Waals surface area contributed by atoms with Gasteiger partial charge in [0.1, 0.15) is 18.0 Å². The van der Waals surface area contributed by atoms with Gasteiger partial charge in [0, 0.05) is 18.7 Å². The lowest BCUT2D eigenvalue weighted by molar-refractivity contribution is 0.589. The molecule has 1 rings (SSSR count). The Kier molecular flexibility index (Phi) is 4.64. The van der Waals surface area contributed by atoms with Crippen LogP contribution in [0.25, 0.3) is 0 Å². The molecule has 0 unspecified atom stereocenters. The van der Waals surface area contributed by atoms with Gasteiger partial charge in [-0.1, -0.05) is 6.92 Å². The van der Waals surface area contributed by atoms with Gasteiger partial charge < -0.3 is 11.1 Å². The summed E-state index contributed by atoms with van der Waals surface area (Å²) < 4.78 is 24.0. The zero-order valence-electron chi connectivity index (χ0n) is 9.90. The van der Waals surface area contributed by atoms with Gasteiger partial charge in [-0.2, -0.15) is 0 Å². The van der Waals surface area contributed by atoms with Gasteiger partial charge in [0.25, 0.3) is 0 Å². The van der Waals surface area contributed by atoms with E-state index in [-0.39, 0.29) is 0 Å². The van der Waals surface area contributed by atoms with E-state index in [2.05, 4.69) is 20.0 Å². The van der Waals surface area contributed by atoms with E-state index in [4.69, 9.17) is 5.73 Å². The van der Waals surface area contributed by atoms with Crippen molar-refractivity contribution in [2.24, 2.45) is 0 Å². The van der Waals surface area contributed by atoms with Crippen molar-refractivity contribution in [2.75, 3.05) is 30.4 Å². The summed E-state index contributed by atoms with van der Waals surface area (Å²) in [5.41, 5.74) is 6.54. The first-order valence-electron chi connectivity index (χ1n) is 5.22. The van der Waals surface area contributed by atoms with E-state index in [0.29, 0.717) is 31.1 Å². The first kappa shape index (κ1) is 13.7. The molecule has 96 valence electrons. The number of nitrogen functional groups attached to an aromatic ring is 1. The van der Waals surface area contributed by atoms with Crippen LogP contribution in [0.15, 0.2) is 6.33 Å². The molecule has 0 radical (unpaired) electrons. The number of nitrogens with two attached hydrogens (primary N) is 1. The van der Waals surface area contributed by atoms with Crippen molar-refractivity contribution in [3.8, 4) is 0 Å². The van der Waals surface area contributed by atoms with Crippen LogP contribution in [0.5, 0.6) is 0 Å². The molecule has 0 aliphatic heterocycles. The fraction of sp³-hybridized carbons (Fsp3) is 0.556. The number of hydrogen-bond acceptors (Lipinski definition) is 6. The molecular weight excluding hydrogens is 242 g/mol. The summed E-state index contributed by atoms with van der Waals surface area (Å²) in [7, 11) is -3.15. The highest BCUT2D eigenvalue weighted by molar-refractivity contribution is 7.88. The second-order valence-corrected chi connectivity index (χ2v) is 5.37. The van der Waals surface area contributed by atoms with Crippen LogP contribution >= 0.6 is 0 Å². The number of anilines is 2. The fourth-order valence-corrected chi connectivity index (χ4v) is 1.82. The Bertz CT molecular complexity index is 474. The summed E-state index contributed by atoms with van der Waals surface area (Å²) in [5.74, 6) is 1.09. The zero-order chi connectivity index (χ0) is 12.9. The maximum absolute atomic E-state index is 10.8. The molecule has 1 heterocycles. The molecule has 1 aromatic rings. The van der Waals surface area contributed by atoms with E-state index in [1.54, 1.807) is 0 Å². The van der Waals surface area contributed by atoms with E-state index in [1.165, 1.54) is 6.33 Å². The summed E-state index contributed by atoms with van der Waals surface area (Å²) in [6.07, 6.45) is 3.21. The normalized spacial score (nSPS) is 11.4. The molecule has 1 aromatic heterocycles. The van der Waals surface area contributed by atoms with Crippen LogP contribution in [0, 0.1) is 0 Å². The van der Waals surface area contributed by atoms with Crippen LogP contribution in [0.2, 0.25) is 0 Å². The average molecular weight is 259 g/mol. The standard InChI is InChI=1S/C9H17N5O2S/c1-3-7-8(10)12-6-13-9(7)11-4-5-14-17(2,15)16/h6,14H,3-5H2,1-2H3,(H3,10,11,12,13). The Morgan fingerprint density at radius 2 is 2.06 bits per heavy atom. The van der Waals surface area contributed by atoms with Crippen molar-refractivity contribution in [1.29, 1.82) is 0 Å². The number of nitrogens with one attached hydrogen (secondary N) is 2. The molecule has 8 heteroatoms. The van der Waals surface area contributed by atoms with Crippen LogP contribution in [-0.4, -0.2) is 37.7 Å². The Hall–Kier alpha value is -1.41. The minimum atomic E-state index is -3.15. The van der Waals surface area contributed by atoms with E-state index < -0.39 is 10.0 Å². The Morgan fingerprint density at radius 1 is 1.35 bits per heavy atom. The van der Waals surface area contributed by atoms with Crippen LogP contribution in [-0.2, 0) is 16.4 Å². The summed E-state index contributed by atoms with van der Waals surface area (Å²) in [6, 6.07) is 0. The van der Waals surface area contributed by atoms with Gasteiger partial charge in [-0.05, 0) is 6.42 Å². The summed E-state index contributed by atoms with van der Waals surface area (Å²) >= 11 is 0. The maximum Gasteiger partial charge on any atom is 0.208 e. The maximum atomic E-state index is 10.8. The predicted octanol–water partition coefficient (Wildman–Crippen LogP) is -0.418. The number of hydrogen-bond donors (Lipinski definition) is 3. The Balaban J connectivity index is 2.55. The van der Waals surface area contributed by atoms with Gasteiger partial charge in [-0.25, -0.2) is 23.1 Å². The smallest absolute Gasteiger partial charge is 0.208 e. The second kappa shape index (κ2) is 5.78. The van der Waals surface area contributed by atoms with Crippen LogP contribution < -0.4 is 15.8 Å². The summed E-state index contributed by atoms with van der Waals surface area (Å²) in [4.78, 5) is 7.96. The molecule has 0 aliphatic rings. The molecule has 0 spiro atoms. The van der Waals surface area contributed by atoms with Gasteiger partial charge in [0.15, 0.2) is 0 Å². The van der Waals surface area contributed by atoms with Gasteiger partial charge in [0.05, 0.1) is 6.26 Å². The fourth-order valence-electron chi connectivity index (χ4n) is 1.34. The van der Waals surface area contributed by atoms with Crippen molar-refractivity contribution < 1.29 is 8.42 Å². The lowest BCUT2D eigenvalue weighted by Gasteiger charge is -2.10. The first-order chi connectivity index (χ1) is 7.94. The van der Waals surface area contributed by atoms with Gasteiger partial charge in [-0.3, -0.25) is 0 Å². The molecule has 0 bridgehead atoms. The number of nitrogens with zero attached hydrogens (tertiary/aromatic N) is 2. The van der Waals surface area contributed by atoms with Crippen LogP contribution in [0.1, 0.15) is 12.5 Å². The Morgan fingerprint density at radius 3 is 2.65 bits per heavy atom. The van der Waals surface area contributed by atoms with Gasteiger partial charge in [-0.15, -0.1) is 0 Å². The Labute approximate surface area is 101 Å². The number of sulfonamides is 1. The number of rotatable bonds is 6. The van der Waals surface area contributed by atoms with E-state index in [0.717, 1.165) is 11.8 Å². The molecule has 7 nitrogen and oxygen atoms in total. The highest BCUT2D eigenvalue weighted by Gasteiger charge is 2.06. The second-order valence-electron chi connectivity index (χ2n) is 3.53. The lowest BCUT2D eigenvalue weighted by Crippen LogP contribution is -2.28. The third-order valence-corrected chi connectivity index (χ3v) is 2.84. The molecule has 0 amide bonds. The van der Waals surface area contributed by atoms with Crippen molar-refractivity contribution in [1.82, 2.24) is 14.7 Å². The van der Waals surface area contributed by atoms with Crippen LogP contribution in [0.4, 0.5) is 11.6 Å². The van der Waals surface area contributed by atoms with Gasteiger partial charge in [0.2, 0.25) is 10.0 Å². The minimum Gasteiger partial charge on any atom is -0.383 e. The molecule has 0 fully saturated rings. The quantitative estimate of drug-likeness (QED) is 0.599. The molecule has 0 saturated carbocycles. The van der Waals surface area contributed by atoms with E-state index in [9.17, 15) is 8.42 Å². The van der Waals surface area contributed by atoms with Crippen molar-refractivity contribution in [3.05, 3.63) is 11.9 Å². The van der Waals surface area contributed by atoms with Crippen LogP contribution in [0.3, 0.4) is 0 Å². The van der Waals surface area contributed by atoms with Gasteiger partial charge >= 0.3 is 0 Å². The van der Waals surface area contributed by atoms with Crippen molar-refractivity contribution in [3.63, 3.8) is 0 Å². The SMILES string of the molecule is CCc1c(N)ncnc1NCCNS(C)(=O)=O. The average Bonchev–Trinajstić information content (AvgIpc) is 2.23. The number of aromatic nitrogens is 2. The highest BCUT2D eigenvalue weighted by Crippen LogP contribution is 2.16. The van der Waals surface area contributed by atoms with Crippen molar-refractivity contribution in [2.45, 2.75) is 13.3 Å². The first-order valence-corrected chi connectivity index (χ1v) is 7.11. The molecule has 0 aliphatic carbocycles. The summed E-state index contributed by atoms with van der Waals surface area (Å²) in [6.45, 7) is 2.69. The highest BCUT2D eigenvalue weighted by atomic mass is 32.2. The third kappa shape index (κ3) is 4.53. The molecule has 17 heavy (non-hydrogen) atoms. The van der Waals surface area contributed by atoms with E-state index >= 15 is 0 Å². The summed E-state index contributed by atoms with van der Waals surface area (Å²) in [5, 5.41) is 3.02. The monoisotopic (exact) mass is 259 g/mol. The molecule has 4 N–H and O–H groups in total. The lowest BCUT2D eigenvalue weighted by atomic mass is 10.2. The minimum absolute atomic E-state index is 0.298.